The predicted molar refractivity (Wildman–Crippen MR) is 71.3 cm³/mol. The van der Waals surface area contributed by atoms with Crippen LogP contribution in [0.1, 0.15) is 23.2 Å². The maximum absolute atomic E-state index is 11.5. The molecule has 0 bridgehead atoms. The Labute approximate surface area is 119 Å². The molecular formula is C13H14N2O6. The highest BCUT2D eigenvalue weighted by Gasteiger charge is 2.22. The van der Waals surface area contributed by atoms with Crippen molar-refractivity contribution >= 4 is 17.6 Å². The first-order chi connectivity index (χ1) is 9.97. The number of carbonyl (C=O) groups is 2. The number of nitrogens with one attached hydrogen (secondary N) is 1. The molecule has 1 fully saturated rings. The highest BCUT2D eigenvalue weighted by atomic mass is 16.6. The van der Waals surface area contributed by atoms with Gasteiger partial charge in [-0.15, -0.1) is 0 Å². The number of nitrogens with zero attached hydrogens (tertiary/aromatic N) is 1. The van der Waals surface area contributed by atoms with E-state index in [0.29, 0.717) is 12.5 Å². The minimum Gasteiger partial charge on any atom is -0.478 e. The number of amides is 1. The minimum atomic E-state index is -1.27. The quantitative estimate of drug-likeness (QED) is 0.576. The molecule has 8 nitrogen and oxygen atoms in total. The Morgan fingerprint density at radius 2 is 2.14 bits per heavy atom. The minimum absolute atomic E-state index is 0.133. The molecule has 1 amide bonds. The zero-order valence-corrected chi connectivity index (χ0v) is 11.1. The van der Waals surface area contributed by atoms with Gasteiger partial charge in [-0.25, -0.2) is 4.79 Å². The first-order valence-corrected chi connectivity index (χ1v) is 6.38. The molecule has 1 aliphatic rings. The molecule has 2 N–H and O–H groups in total. The Bertz CT molecular complexity index is 582. The fourth-order valence-corrected chi connectivity index (χ4v) is 1.69. The summed E-state index contributed by atoms with van der Waals surface area (Å²) in [6, 6.07) is 3.27. The van der Waals surface area contributed by atoms with Gasteiger partial charge in [0.05, 0.1) is 10.5 Å². The van der Waals surface area contributed by atoms with Gasteiger partial charge in [-0.2, -0.15) is 0 Å². The first kappa shape index (κ1) is 14.8. The predicted octanol–water partition coefficient (Wildman–Crippen LogP) is 1.20. The summed E-state index contributed by atoms with van der Waals surface area (Å²) in [4.78, 5) is 32.4. The molecule has 0 unspecified atom stereocenters. The first-order valence-electron chi connectivity index (χ1n) is 6.38. The van der Waals surface area contributed by atoms with E-state index in [-0.39, 0.29) is 23.8 Å². The number of carboxylic acids is 1. The van der Waals surface area contributed by atoms with Crippen molar-refractivity contribution in [3.05, 3.63) is 33.9 Å². The van der Waals surface area contributed by atoms with Gasteiger partial charge in [-0.3, -0.25) is 14.9 Å². The van der Waals surface area contributed by atoms with E-state index in [0.717, 1.165) is 18.9 Å². The summed E-state index contributed by atoms with van der Waals surface area (Å²) in [6.45, 7) is 0.238. The second-order valence-electron chi connectivity index (χ2n) is 4.78. The van der Waals surface area contributed by atoms with Crippen molar-refractivity contribution < 1.29 is 24.4 Å². The van der Waals surface area contributed by atoms with Gasteiger partial charge in [-0.1, -0.05) is 0 Å². The van der Waals surface area contributed by atoms with E-state index in [1.807, 2.05) is 0 Å². The van der Waals surface area contributed by atoms with E-state index >= 15 is 0 Å². The van der Waals surface area contributed by atoms with Gasteiger partial charge in [0.2, 0.25) is 0 Å². The monoisotopic (exact) mass is 294 g/mol. The van der Waals surface area contributed by atoms with Crippen molar-refractivity contribution in [2.45, 2.75) is 12.8 Å². The van der Waals surface area contributed by atoms with Gasteiger partial charge < -0.3 is 15.2 Å². The molecule has 8 heteroatoms. The lowest BCUT2D eigenvalue weighted by Gasteiger charge is -2.08. The number of aromatic carboxylic acids is 1. The third kappa shape index (κ3) is 4.16. The molecule has 2 rings (SSSR count). The number of rotatable bonds is 7. The van der Waals surface area contributed by atoms with E-state index in [4.69, 9.17) is 9.84 Å². The molecule has 0 spiro atoms. The smallest absolute Gasteiger partial charge is 0.335 e. The topological polar surface area (TPSA) is 119 Å². The lowest BCUT2D eigenvalue weighted by molar-refractivity contribution is -0.385. The number of carboxylic acid groups (broad SMARTS) is 1. The van der Waals surface area contributed by atoms with Gasteiger partial charge >= 0.3 is 11.7 Å². The Morgan fingerprint density at radius 3 is 2.71 bits per heavy atom. The van der Waals surface area contributed by atoms with Crippen LogP contribution < -0.4 is 10.1 Å². The fourth-order valence-electron chi connectivity index (χ4n) is 1.69. The Balaban J connectivity index is 1.99. The number of nitro benzene ring substituents is 1. The Morgan fingerprint density at radius 1 is 1.43 bits per heavy atom. The van der Waals surface area contributed by atoms with Crippen LogP contribution in [0.5, 0.6) is 5.75 Å². The molecule has 0 atom stereocenters. The molecule has 1 aromatic carbocycles. The van der Waals surface area contributed by atoms with Crippen LogP contribution in [-0.4, -0.2) is 35.1 Å². The van der Waals surface area contributed by atoms with Crippen LogP contribution in [0.4, 0.5) is 5.69 Å². The third-order valence-corrected chi connectivity index (χ3v) is 3.05. The number of hydrogen-bond donors (Lipinski definition) is 2. The van der Waals surface area contributed by atoms with Crippen LogP contribution in [0.15, 0.2) is 18.2 Å². The standard InChI is InChI=1S/C13H14N2O6/c16-12(14-6-8-1-2-8)7-21-11-4-3-9(13(17)18)5-10(11)15(19)20/h3-5,8H,1-2,6-7H2,(H,14,16)(H,17,18). The van der Waals surface area contributed by atoms with Crippen molar-refractivity contribution in [3.63, 3.8) is 0 Å². The SMILES string of the molecule is O=C(COc1ccc(C(=O)O)cc1[N+](=O)[O-])NCC1CC1. The lowest BCUT2D eigenvalue weighted by Crippen LogP contribution is -2.30. The van der Waals surface area contributed by atoms with Crippen LogP contribution >= 0.6 is 0 Å². The Kier molecular flexibility index (Phi) is 4.36. The van der Waals surface area contributed by atoms with Gasteiger partial charge in [-0.05, 0) is 30.9 Å². The molecule has 0 aromatic heterocycles. The average molecular weight is 294 g/mol. The third-order valence-electron chi connectivity index (χ3n) is 3.05. The van der Waals surface area contributed by atoms with Gasteiger partial charge in [0.25, 0.3) is 5.91 Å². The number of ether oxygens (including phenoxy) is 1. The molecule has 0 radical (unpaired) electrons. The summed E-state index contributed by atoms with van der Waals surface area (Å²) in [7, 11) is 0. The van der Waals surface area contributed by atoms with Gasteiger partial charge in [0.15, 0.2) is 12.4 Å². The highest BCUT2D eigenvalue weighted by Crippen LogP contribution is 2.28. The van der Waals surface area contributed by atoms with Gasteiger partial charge in [0.1, 0.15) is 0 Å². The molecule has 0 heterocycles. The second-order valence-corrected chi connectivity index (χ2v) is 4.78. The lowest BCUT2D eigenvalue weighted by atomic mass is 10.2. The van der Waals surface area contributed by atoms with Crippen molar-refractivity contribution in [1.29, 1.82) is 0 Å². The van der Waals surface area contributed by atoms with Crippen LogP contribution in [0.2, 0.25) is 0 Å². The summed E-state index contributed by atoms with van der Waals surface area (Å²) in [5.41, 5.74) is -0.697. The van der Waals surface area contributed by atoms with E-state index in [9.17, 15) is 19.7 Å². The summed E-state index contributed by atoms with van der Waals surface area (Å²) < 4.78 is 5.10. The van der Waals surface area contributed by atoms with E-state index in [1.54, 1.807) is 0 Å². The molecule has 1 aliphatic carbocycles. The number of nitro groups is 1. The van der Waals surface area contributed by atoms with Crippen molar-refractivity contribution in [3.8, 4) is 5.75 Å². The van der Waals surface area contributed by atoms with Crippen molar-refractivity contribution in [2.75, 3.05) is 13.2 Å². The molecular weight excluding hydrogens is 280 g/mol. The molecule has 0 aliphatic heterocycles. The molecule has 21 heavy (non-hydrogen) atoms. The van der Waals surface area contributed by atoms with Crippen LogP contribution in [-0.2, 0) is 4.79 Å². The van der Waals surface area contributed by atoms with E-state index in [1.165, 1.54) is 12.1 Å². The Hall–Kier alpha value is -2.64. The summed E-state index contributed by atoms with van der Waals surface area (Å²) in [5.74, 6) is -1.24. The average Bonchev–Trinajstić information content (AvgIpc) is 3.26. The number of benzene rings is 1. The normalized spacial score (nSPS) is 13.5. The summed E-state index contributed by atoms with van der Waals surface area (Å²) in [6.07, 6.45) is 2.20. The zero-order valence-electron chi connectivity index (χ0n) is 11.1. The molecule has 0 saturated heterocycles. The zero-order chi connectivity index (χ0) is 15.4. The van der Waals surface area contributed by atoms with Crippen LogP contribution in [0.25, 0.3) is 0 Å². The fraction of sp³-hybridized carbons (Fsp3) is 0.385. The molecule has 1 aromatic rings. The van der Waals surface area contributed by atoms with Crippen LogP contribution in [0.3, 0.4) is 0 Å². The summed E-state index contributed by atoms with van der Waals surface area (Å²) in [5, 5.41) is 22.4. The number of carbonyl (C=O) groups excluding carboxylic acids is 1. The number of hydrogen-bond acceptors (Lipinski definition) is 5. The highest BCUT2D eigenvalue weighted by molar-refractivity contribution is 5.89. The van der Waals surface area contributed by atoms with E-state index < -0.39 is 16.6 Å². The van der Waals surface area contributed by atoms with E-state index in [2.05, 4.69) is 5.32 Å². The van der Waals surface area contributed by atoms with Crippen LogP contribution in [0, 0.1) is 16.0 Å². The molecule has 1 saturated carbocycles. The molecule has 112 valence electrons. The maximum Gasteiger partial charge on any atom is 0.335 e. The van der Waals surface area contributed by atoms with Gasteiger partial charge in [0, 0.05) is 12.6 Å². The summed E-state index contributed by atoms with van der Waals surface area (Å²) >= 11 is 0. The largest absolute Gasteiger partial charge is 0.478 e. The second kappa shape index (κ2) is 6.21. The van der Waals surface area contributed by atoms with Crippen molar-refractivity contribution in [1.82, 2.24) is 5.32 Å². The van der Waals surface area contributed by atoms with Crippen molar-refractivity contribution in [2.24, 2.45) is 5.92 Å². The maximum atomic E-state index is 11.5.